The predicted octanol–water partition coefficient (Wildman–Crippen LogP) is 2.50. The second kappa shape index (κ2) is 8.37. The smallest absolute Gasteiger partial charge is 0.0113 e. The number of hydrogen-bond acceptors (Lipinski definition) is 3. The topological polar surface area (TPSA) is 6.48 Å². The summed E-state index contributed by atoms with van der Waals surface area (Å²) in [4.78, 5) is 5.02. The fourth-order valence-corrected chi connectivity index (χ4v) is 2.68. The molecule has 0 N–H and O–H groups in total. The fraction of sp³-hybridized carbons (Fsp3) is 1.00. The number of likely N-dealkylation sites (tertiary alicyclic amines) is 1. The minimum Gasteiger partial charge on any atom is -0.306 e. The predicted molar refractivity (Wildman–Crippen MR) is 75.5 cm³/mol. The van der Waals surface area contributed by atoms with Gasteiger partial charge in [-0.3, -0.25) is 0 Å². The van der Waals surface area contributed by atoms with E-state index in [0.29, 0.717) is 0 Å². The Hall–Kier alpha value is 0.270. The summed E-state index contributed by atoms with van der Waals surface area (Å²) in [7, 11) is 4.41. The molecule has 0 bridgehead atoms. The van der Waals surface area contributed by atoms with Crippen molar-refractivity contribution in [1.82, 2.24) is 9.80 Å². The standard InChI is InChI=1S/C13H28N2S/c1-14(2)13-7-10-15(11-8-13)9-5-3-4-6-12-16/h13,16H,3-12H2,1-2H3. The number of hydrogen-bond donors (Lipinski definition) is 1. The highest BCUT2D eigenvalue weighted by molar-refractivity contribution is 7.80. The van der Waals surface area contributed by atoms with Crippen LogP contribution < -0.4 is 0 Å². The van der Waals surface area contributed by atoms with Crippen molar-refractivity contribution < 1.29 is 0 Å². The lowest BCUT2D eigenvalue weighted by Crippen LogP contribution is -2.42. The molecule has 0 atom stereocenters. The molecule has 0 aliphatic carbocycles. The van der Waals surface area contributed by atoms with E-state index in [-0.39, 0.29) is 0 Å². The van der Waals surface area contributed by atoms with Crippen LogP contribution in [0, 0.1) is 0 Å². The van der Waals surface area contributed by atoms with E-state index < -0.39 is 0 Å². The quantitative estimate of drug-likeness (QED) is 0.543. The lowest BCUT2D eigenvalue weighted by molar-refractivity contribution is 0.143. The highest BCUT2D eigenvalue weighted by Crippen LogP contribution is 2.14. The van der Waals surface area contributed by atoms with Crippen LogP contribution in [0.4, 0.5) is 0 Å². The SMILES string of the molecule is CN(C)C1CCN(CCCCCCS)CC1. The van der Waals surface area contributed by atoms with Crippen molar-refractivity contribution in [1.29, 1.82) is 0 Å². The van der Waals surface area contributed by atoms with Gasteiger partial charge in [-0.25, -0.2) is 0 Å². The minimum absolute atomic E-state index is 0.820. The third kappa shape index (κ3) is 5.55. The summed E-state index contributed by atoms with van der Waals surface area (Å²) in [6.45, 7) is 3.91. The van der Waals surface area contributed by atoms with Crippen LogP contribution in [0.15, 0.2) is 0 Å². The zero-order valence-corrected chi connectivity index (χ0v) is 11.9. The van der Waals surface area contributed by atoms with Gasteiger partial charge < -0.3 is 9.80 Å². The molecule has 96 valence electrons. The Bertz CT molecular complexity index is 165. The molecule has 0 radical (unpaired) electrons. The van der Waals surface area contributed by atoms with Crippen LogP contribution in [0.5, 0.6) is 0 Å². The van der Waals surface area contributed by atoms with E-state index in [1.165, 1.54) is 58.2 Å². The first-order valence-corrected chi connectivity index (χ1v) is 7.37. The average Bonchev–Trinajstić information content (AvgIpc) is 2.29. The molecule has 0 aromatic carbocycles. The summed E-state index contributed by atoms with van der Waals surface area (Å²) in [6.07, 6.45) is 8.10. The molecule has 1 rings (SSSR count). The first kappa shape index (κ1) is 14.3. The largest absolute Gasteiger partial charge is 0.306 e. The van der Waals surface area contributed by atoms with Crippen LogP contribution >= 0.6 is 12.6 Å². The molecule has 1 saturated heterocycles. The number of piperidine rings is 1. The Morgan fingerprint density at radius 1 is 1.06 bits per heavy atom. The highest BCUT2D eigenvalue weighted by Gasteiger charge is 2.19. The van der Waals surface area contributed by atoms with E-state index in [2.05, 4.69) is 36.5 Å². The maximum atomic E-state index is 4.24. The Labute approximate surface area is 107 Å². The zero-order chi connectivity index (χ0) is 11.8. The highest BCUT2D eigenvalue weighted by atomic mass is 32.1. The lowest BCUT2D eigenvalue weighted by Gasteiger charge is -2.35. The third-order valence-corrected chi connectivity index (χ3v) is 3.99. The van der Waals surface area contributed by atoms with Gasteiger partial charge in [0.25, 0.3) is 0 Å². The molecule has 16 heavy (non-hydrogen) atoms. The van der Waals surface area contributed by atoms with Gasteiger partial charge in [0.15, 0.2) is 0 Å². The summed E-state index contributed by atoms with van der Waals surface area (Å²) in [5, 5.41) is 0. The molecule has 0 unspecified atom stereocenters. The van der Waals surface area contributed by atoms with Crippen LogP contribution in [0.1, 0.15) is 38.5 Å². The summed E-state index contributed by atoms with van der Waals surface area (Å²) in [5.41, 5.74) is 0. The molecule has 1 heterocycles. The van der Waals surface area contributed by atoms with E-state index in [1.54, 1.807) is 0 Å². The van der Waals surface area contributed by atoms with Crippen molar-refractivity contribution in [3.8, 4) is 0 Å². The van der Waals surface area contributed by atoms with Crippen molar-refractivity contribution >= 4 is 12.6 Å². The minimum atomic E-state index is 0.820. The number of unbranched alkanes of at least 4 members (excludes halogenated alkanes) is 3. The van der Waals surface area contributed by atoms with Crippen LogP contribution in [-0.4, -0.2) is 55.3 Å². The van der Waals surface area contributed by atoms with Crippen LogP contribution in [0.25, 0.3) is 0 Å². The number of nitrogens with zero attached hydrogens (tertiary/aromatic N) is 2. The van der Waals surface area contributed by atoms with Gasteiger partial charge in [0, 0.05) is 6.04 Å². The molecule has 0 aromatic rings. The Morgan fingerprint density at radius 3 is 2.25 bits per heavy atom. The molecule has 0 saturated carbocycles. The van der Waals surface area contributed by atoms with Gasteiger partial charge >= 0.3 is 0 Å². The second-order valence-electron chi connectivity index (χ2n) is 5.17. The molecule has 2 nitrogen and oxygen atoms in total. The van der Waals surface area contributed by atoms with E-state index in [4.69, 9.17) is 0 Å². The summed E-state index contributed by atoms with van der Waals surface area (Å²) in [6, 6.07) is 0.820. The van der Waals surface area contributed by atoms with Crippen molar-refractivity contribution in [3.05, 3.63) is 0 Å². The number of rotatable bonds is 7. The van der Waals surface area contributed by atoms with Gasteiger partial charge in [0.05, 0.1) is 0 Å². The first-order chi connectivity index (χ1) is 7.74. The molecule has 1 fully saturated rings. The summed E-state index contributed by atoms with van der Waals surface area (Å²) >= 11 is 4.24. The van der Waals surface area contributed by atoms with Crippen molar-refractivity contribution in [3.63, 3.8) is 0 Å². The Balaban J connectivity index is 1.99. The number of thiol groups is 1. The Kier molecular flexibility index (Phi) is 7.50. The fourth-order valence-electron chi connectivity index (χ4n) is 2.46. The molecule has 1 aliphatic rings. The maximum absolute atomic E-state index is 4.24. The lowest BCUT2D eigenvalue weighted by atomic mass is 10.0. The third-order valence-electron chi connectivity index (χ3n) is 3.67. The first-order valence-electron chi connectivity index (χ1n) is 6.73. The van der Waals surface area contributed by atoms with E-state index in [0.717, 1.165) is 11.8 Å². The monoisotopic (exact) mass is 244 g/mol. The molecule has 3 heteroatoms. The normalized spacial score (nSPS) is 19.5. The molecule has 0 amide bonds. The van der Waals surface area contributed by atoms with Crippen LogP contribution in [-0.2, 0) is 0 Å². The molecule has 0 spiro atoms. The van der Waals surface area contributed by atoms with Crippen molar-refractivity contribution in [2.24, 2.45) is 0 Å². The van der Waals surface area contributed by atoms with Gasteiger partial charge in [-0.05, 0) is 65.2 Å². The van der Waals surface area contributed by atoms with Gasteiger partial charge in [0.1, 0.15) is 0 Å². The van der Waals surface area contributed by atoms with E-state index in [1.807, 2.05) is 0 Å². The van der Waals surface area contributed by atoms with E-state index >= 15 is 0 Å². The molecule has 1 aliphatic heterocycles. The van der Waals surface area contributed by atoms with Crippen molar-refractivity contribution in [2.45, 2.75) is 44.6 Å². The summed E-state index contributed by atoms with van der Waals surface area (Å²) < 4.78 is 0. The molecule has 0 aromatic heterocycles. The van der Waals surface area contributed by atoms with Gasteiger partial charge in [-0.1, -0.05) is 12.8 Å². The average molecular weight is 244 g/mol. The zero-order valence-electron chi connectivity index (χ0n) is 11.0. The second-order valence-corrected chi connectivity index (χ2v) is 5.62. The van der Waals surface area contributed by atoms with Gasteiger partial charge in [0.2, 0.25) is 0 Å². The molecular weight excluding hydrogens is 216 g/mol. The summed E-state index contributed by atoms with van der Waals surface area (Å²) in [5.74, 6) is 1.05. The maximum Gasteiger partial charge on any atom is 0.0113 e. The van der Waals surface area contributed by atoms with E-state index in [9.17, 15) is 0 Å². The van der Waals surface area contributed by atoms with Crippen LogP contribution in [0.3, 0.4) is 0 Å². The van der Waals surface area contributed by atoms with Gasteiger partial charge in [-0.2, -0.15) is 12.6 Å². The molecular formula is C13H28N2S. The van der Waals surface area contributed by atoms with Crippen molar-refractivity contribution in [2.75, 3.05) is 39.5 Å². The van der Waals surface area contributed by atoms with Crippen LogP contribution in [0.2, 0.25) is 0 Å². The van der Waals surface area contributed by atoms with Gasteiger partial charge in [-0.15, -0.1) is 0 Å². The Morgan fingerprint density at radius 2 is 1.69 bits per heavy atom.